The molecule has 2 aromatic rings. The van der Waals surface area contributed by atoms with Gasteiger partial charge in [-0.25, -0.2) is 8.42 Å². The molecule has 0 aliphatic carbocycles. The average Bonchev–Trinajstić information content (AvgIpc) is 2.65. The normalized spacial score (nSPS) is 12.3. The molecule has 0 saturated heterocycles. The number of nitrogens with one attached hydrogen (secondary N) is 1. The molecule has 168 valence electrons. The highest BCUT2D eigenvalue weighted by Crippen LogP contribution is 2.31. The van der Waals surface area contributed by atoms with E-state index in [-0.39, 0.29) is 17.8 Å². The summed E-state index contributed by atoms with van der Waals surface area (Å²) in [7, 11) is -4.32. The summed E-state index contributed by atoms with van der Waals surface area (Å²) in [6.45, 7) is 1.40. The van der Waals surface area contributed by atoms with Gasteiger partial charge in [-0.2, -0.15) is 26.3 Å². The molecular formula is C19H16F6N2O3S. The number of halogens is 6. The molecule has 0 bridgehead atoms. The zero-order valence-corrected chi connectivity index (χ0v) is 16.5. The van der Waals surface area contributed by atoms with Gasteiger partial charge in [-0.05, 0) is 42.5 Å². The Balaban J connectivity index is 2.23. The lowest BCUT2D eigenvalue weighted by Crippen LogP contribution is -2.39. The minimum absolute atomic E-state index is 0.205. The average molecular weight is 466 g/mol. The van der Waals surface area contributed by atoms with Crippen LogP contribution in [0.1, 0.15) is 15.9 Å². The van der Waals surface area contributed by atoms with Crippen molar-refractivity contribution in [2.75, 3.05) is 17.8 Å². The maximum Gasteiger partial charge on any atom is 0.416 e. The molecule has 2 aromatic carbocycles. The van der Waals surface area contributed by atoms with Crippen molar-refractivity contribution in [2.24, 2.45) is 0 Å². The number of carbonyl (C=O) groups excluding carboxylic acids is 1. The molecule has 1 N–H and O–H groups in total. The van der Waals surface area contributed by atoms with Crippen molar-refractivity contribution in [2.45, 2.75) is 17.2 Å². The summed E-state index contributed by atoms with van der Waals surface area (Å²) < 4.78 is 103. The molecule has 0 saturated carbocycles. The Morgan fingerprint density at radius 2 is 1.65 bits per heavy atom. The first-order valence-corrected chi connectivity index (χ1v) is 9.98. The second-order valence-corrected chi connectivity index (χ2v) is 7.98. The largest absolute Gasteiger partial charge is 0.416 e. The third-order valence-electron chi connectivity index (χ3n) is 3.86. The Bertz CT molecular complexity index is 1050. The van der Waals surface area contributed by atoms with Gasteiger partial charge in [0, 0.05) is 17.8 Å². The van der Waals surface area contributed by atoms with Crippen LogP contribution in [0.15, 0.2) is 66.1 Å². The van der Waals surface area contributed by atoms with Gasteiger partial charge in [0.1, 0.15) is 6.54 Å². The fraction of sp³-hybridized carbons (Fsp3) is 0.211. The van der Waals surface area contributed by atoms with Crippen LogP contribution in [0.2, 0.25) is 0 Å². The summed E-state index contributed by atoms with van der Waals surface area (Å²) in [6, 6.07) is 7.47. The summed E-state index contributed by atoms with van der Waals surface area (Å²) in [5.41, 5.74) is -1.60. The zero-order valence-electron chi connectivity index (χ0n) is 15.7. The van der Waals surface area contributed by atoms with E-state index < -0.39 is 45.3 Å². The first-order chi connectivity index (χ1) is 14.2. The second kappa shape index (κ2) is 9.00. The Labute approximate surface area is 174 Å². The molecule has 5 nitrogen and oxygen atoms in total. The van der Waals surface area contributed by atoms with Crippen LogP contribution in [0.25, 0.3) is 0 Å². The fourth-order valence-corrected chi connectivity index (χ4v) is 3.57. The Morgan fingerprint density at radius 3 is 2.16 bits per heavy atom. The van der Waals surface area contributed by atoms with Crippen LogP contribution >= 0.6 is 0 Å². The molecule has 12 heteroatoms. The van der Waals surface area contributed by atoms with Crippen LogP contribution < -0.4 is 4.72 Å². The van der Waals surface area contributed by atoms with E-state index in [1.54, 1.807) is 0 Å². The van der Waals surface area contributed by atoms with Crippen LogP contribution in [0.5, 0.6) is 0 Å². The van der Waals surface area contributed by atoms with Crippen LogP contribution in [-0.4, -0.2) is 38.5 Å². The molecule has 0 fully saturated rings. The number of carbonyl (C=O) groups is 1. The highest BCUT2D eigenvalue weighted by atomic mass is 32.2. The van der Waals surface area contributed by atoms with E-state index in [1.807, 2.05) is 4.72 Å². The number of hydrogen-bond acceptors (Lipinski definition) is 3. The van der Waals surface area contributed by atoms with Crippen LogP contribution in [0, 0.1) is 0 Å². The minimum atomic E-state index is -4.67. The molecule has 0 heterocycles. The molecule has 31 heavy (non-hydrogen) atoms. The molecule has 0 spiro atoms. The molecule has 0 aliphatic rings. The quantitative estimate of drug-likeness (QED) is 0.475. The summed E-state index contributed by atoms with van der Waals surface area (Å²) in [5, 5.41) is 0. The third kappa shape index (κ3) is 6.74. The molecule has 2 rings (SSSR count). The molecule has 0 aromatic heterocycles. The Morgan fingerprint density at radius 1 is 1.03 bits per heavy atom. The van der Waals surface area contributed by atoms with E-state index >= 15 is 0 Å². The number of nitrogens with zero attached hydrogens (tertiary/aromatic N) is 1. The van der Waals surface area contributed by atoms with Crippen LogP contribution in [-0.2, 0) is 16.2 Å². The number of sulfonamides is 1. The van der Waals surface area contributed by atoms with Gasteiger partial charge in [0.05, 0.1) is 10.5 Å². The number of anilines is 1. The summed E-state index contributed by atoms with van der Waals surface area (Å²) >= 11 is 0. The molecule has 0 radical (unpaired) electrons. The fourth-order valence-electron chi connectivity index (χ4n) is 2.52. The lowest BCUT2D eigenvalue weighted by Gasteiger charge is -2.22. The van der Waals surface area contributed by atoms with Gasteiger partial charge < -0.3 is 4.90 Å². The van der Waals surface area contributed by atoms with Gasteiger partial charge in [0.2, 0.25) is 0 Å². The smallest absolute Gasteiger partial charge is 0.326 e. The summed E-state index contributed by atoms with van der Waals surface area (Å²) in [6.07, 6.45) is -8.20. The van der Waals surface area contributed by atoms with Crippen molar-refractivity contribution < 1.29 is 39.6 Å². The van der Waals surface area contributed by atoms with E-state index in [1.165, 1.54) is 0 Å². The second-order valence-electron chi connectivity index (χ2n) is 6.30. The maximum absolute atomic E-state index is 12.8. The molecule has 0 atom stereocenters. The maximum atomic E-state index is 12.8. The van der Waals surface area contributed by atoms with Crippen LogP contribution in [0.4, 0.5) is 32.0 Å². The topological polar surface area (TPSA) is 66.5 Å². The number of alkyl halides is 6. The molecule has 1 amide bonds. The minimum Gasteiger partial charge on any atom is -0.326 e. The predicted octanol–water partition coefficient (Wildman–Crippen LogP) is 4.70. The van der Waals surface area contributed by atoms with Crippen LogP contribution in [0.3, 0.4) is 0 Å². The van der Waals surface area contributed by atoms with Crippen molar-refractivity contribution in [1.82, 2.24) is 4.90 Å². The first kappa shape index (κ1) is 24.3. The van der Waals surface area contributed by atoms with Crippen molar-refractivity contribution in [3.63, 3.8) is 0 Å². The number of amides is 1. The highest BCUT2D eigenvalue weighted by molar-refractivity contribution is 7.92. The Hall–Kier alpha value is -3.02. The predicted molar refractivity (Wildman–Crippen MR) is 101 cm³/mol. The van der Waals surface area contributed by atoms with Crippen molar-refractivity contribution in [3.05, 3.63) is 72.3 Å². The summed E-state index contributed by atoms with van der Waals surface area (Å²) in [4.78, 5) is 12.4. The van der Waals surface area contributed by atoms with E-state index in [0.717, 1.165) is 48.5 Å². The number of benzene rings is 2. The molecule has 0 unspecified atom stereocenters. The number of hydrogen-bond donors (Lipinski definition) is 1. The van der Waals surface area contributed by atoms with Crippen molar-refractivity contribution >= 4 is 21.6 Å². The number of rotatable bonds is 7. The van der Waals surface area contributed by atoms with Gasteiger partial charge in [-0.1, -0.05) is 12.1 Å². The van der Waals surface area contributed by atoms with Gasteiger partial charge in [-0.3, -0.25) is 9.52 Å². The van der Waals surface area contributed by atoms with E-state index in [0.29, 0.717) is 11.0 Å². The van der Waals surface area contributed by atoms with E-state index in [9.17, 15) is 39.6 Å². The molecule has 0 aliphatic heterocycles. The first-order valence-electron chi connectivity index (χ1n) is 8.50. The lowest BCUT2D eigenvalue weighted by molar-refractivity contribution is -0.140. The Kier molecular flexibility index (Phi) is 7.04. The van der Waals surface area contributed by atoms with E-state index in [2.05, 4.69) is 6.58 Å². The monoisotopic (exact) mass is 466 g/mol. The van der Waals surface area contributed by atoms with Crippen molar-refractivity contribution in [3.8, 4) is 0 Å². The summed E-state index contributed by atoms with van der Waals surface area (Å²) in [5.74, 6) is -0.994. The van der Waals surface area contributed by atoms with Gasteiger partial charge in [-0.15, -0.1) is 6.58 Å². The SMILES string of the molecule is C=CCN(CC(F)(F)F)C(=O)c1ccc(S(=O)(=O)Nc2cccc(C(F)(F)F)c2)cc1. The third-order valence-corrected chi connectivity index (χ3v) is 5.26. The molecular weight excluding hydrogens is 450 g/mol. The zero-order chi connectivity index (χ0) is 23.4. The van der Waals surface area contributed by atoms with Gasteiger partial charge in [0.25, 0.3) is 15.9 Å². The van der Waals surface area contributed by atoms with Gasteiger partial charge >= 0.3 is 12.4 Å². The highest BCUT2D eigenvalue weighted by Gasteiger charge is 2.33. The lowest BCUT2D eigenvalue weighted by atomic mass is 10.2. The van der Waals surface area contributed by atoms with E-state index in [4.69, 9.17) is 0 Å². The standard InChI is InChI=1S/C19H16F6N2O3S/c1-2-10-27(12-18(20,21)22)17(28)13-6-8-16(9-7-13)31(29,30)26-15-5-3-4-14(11-15)19(23,24)25/h2-9,11,26H,1,10,12H2. The van der Waals surface area contributed by atoms with Crippen molar-refractivity contribution in [1.29, 1.82) is 0 Å². The van der Waals surface area contributed by atoms with Gasteiger partial charge in [0.15, 0.2) is 0 Å².